The van der Waals surface area contributed by atoms with E-state index in [1.54, 1.807) is 18.2 Å². The number of methoxy groups -OCH3 is 2. The minimum atomic E-state index is -4.49. The Balaban J connectivity index is 1.80. The highest BCUT2D eigenvalue weighted by molar-refractivity contribution is 6.06. The lowest BCUT2D eigenvalue weighted by atomic mass is 9.83. The van der Waals surface area contributed by atoms with Crippen LogP contribution in [0.25, 0.3) is 0 Å². The molecular formula is C22H18F3NO5. The van der Waals surface area contributed by atoms with Crippen molar-refractivity contribution in [2.75, 3.05) is 25.7 Å². The molecule has 0 bridgehead atoms. The zero-order valence-electron chi connectivity index (χ0n) is 16.7. The second-order valence-corrected chi connectivity index (χ2v) is 7.05. The first-order chi connectivity index (χ1) is 14.8. The number of carbonyl (C=O) groups excluding carboxylic acids is 2. The molecule has 162 valence electrons. The first kappa shape index (κ1) is 20.8. The maximum Gasteiger partial charge on any atom is 0.416 e. The van der Waals surface area contributed by atoms with E-state index in [0.717, 1.165) is 12.1 Å². The molecule has 4 rings (SSSR count). The van der Waals surface area contributed by atoms with Crippen LogP contribution in [0, 0.1) is 0 Å². The van der Waals surface area contributed by atoms with Gasteiger partial charge in [-0.05, 0) is 30.3 Å². The zero-order valence-corrected chi connectivity index (χ0v) is 16.7. The molecule has 0 N–H and O–H groups in total. The van der Waals surface area contributed by atoms with Crippen molar-refractivity contribution in [3.05, 3.63) is 64.9 Å². The Morgan fingerprint density at radius 3 is 2.35 bits per heavy atom. The van der Waals surface area contributed by atoms with Crippen LogP contribution < -0.4 is 14.4 Å². The monoisotopic (exact) mass is 433 g/mol. The smallest absolute Gasteiger partial charge is 0.416 e. The van der Waals surface area contributed by atoms with Crippen molar-refractivity contribution in [3.8, 4) is 11.5 Å². The van der Waals surface area contributed by atoms with Gasteiger partial charge in [0.15, 0.2) is 11.5 Å². The highest BCUT2D eigenvalue weighted by Gasteiger charge is 2.44. The SMILES string of the molecule is COc1cccc([C@H]2CC(=O)N(c3ccc(C(F)(F)F)cc3)C3=C2C(=O)OC3)c1OC. The normalized spacial score (nSPS) is 18.7. The maximum absolute atomic E-state index is 13.1. The van der Waals surface area contributed by atoms with E-state index in [2.05, 4.69) is 0 Å². The van der Waals surface area contributed by atoms with Crippen molar-refractivity contribution in [2.45, 2.75) is 18.5 Å². The van der Waals surface area contributed by atoms with Crippen molar-refractivity contribution >= 4 is 17.6 Å². The second-order valence-electron chi connectivity index (χ2n) is 7.05. The van der Waals surface area contributed by atoms with Gasteiger partial charge in [0.05, 0.1) is 31.1 Å². The summed E-state index contributed by atoms with van der Waals surface area (Å²) < 4.78 is 54.7. The summed E-state index contributed by atoms with van der Waals surface area (Å²) in [7, 11) is 2.94. The topological polar surface area (TPSA) is 65.1 Å². The Morgan fingerprint density at radius 1 is 1.03 bits per heavy atom. The summed E-state index contributed by atoms with van der Waals surface area (Å²) >= 11 is 0. The third-order valence-electron chi connectivity index (χ3n) is 5.38. The summed E-state index contributed by atoms with van der Waals surface area (Å²) in [6.07, 6.45) is -4.58. The molecular weight excluding hydrogens is 415 g/mol. The zero-order chi connectivity index (χ0) is 22.3. The summed E-state index contributed by atoms with van der Waals surface area (Å²) in [5, 5.41) is 0. The summed E-state index contributed by atoms with van der Waals surface area (Å²) in [6.45, 7) is -0.149. The predicted octanol–water partition coefficient (Wildman–Crippen LogP) is 4.05. The molecule has 2 aromatic rings. The molecule has 0 aromatic heterocycles. The molecule has 31 heavy (non-hydrogen) atoms. The highest BCUT2D eigenvalue weighted by atomic mass is 19.4. The number of carbonyl (C=O) groups is 2. The van der Waals surface area contributed by atoms with Gasteiger partial charge in [-0.2, -0.15) is 13.2 Å². The van der Waals surface area contributed by atoms with E-state index < -0.39 is 23.6 Å². The van der Waals surface area contributed by atoms with Crippen molar-refractivity contribution in [2.24, 2.45) is 0 Å². The van der Waals surface area contributed by atoms with Crippen LogP contribution in [0.4, 0.5) is 18.9 Å². The summed E-state index contributed by atoms with van der Waals surface area (Å²) in [4.78, 5) is 26.9. The Labute approximate surface area is 175 Å². The fourth-order valence-electron chi connectivity index (χ4n) is 4.01. The molecule has 2 aromatic carbocycles. The van der Waals surface area contributed by atoms with Gasteiger partial charge in [-0.3, -0.25) is 9.69 Å². The van der Waals surface area contributed by atoms with E-state index in [9.17, 15) is 22.8 Å². The molecule has 6 nitrogen and oxygen atoms in total. The highest BCUT2D eigenvalue weighted by Crippen LogP contribution is 2.46. The molecule has 9 heteroatoms. The standard InChI is InChI=1S/C22H18F3NO5/c1-29-17-5-3-4-14(20(17)30-2)15-10-18(27)26(16-11-31-21(28)19(15)16)13-8-6-12(7-9-13)22(23,24)25/h3-9,15H,10-11H2,1-2H3/t15-/m1/s1. The number of rotatable bonds is 4. The molecule has 0 saturated carbocycles. The molecule has 1 amide bonds. The van der Waals surface area contributed by atoms with Gasteiger partial charge in [0, 0.05) is 23.6 Å². The first-order valence-electron chi connectivity index (χ1n) is 9.37. The second kappa shape index (κ2) is 7.64. The number of alkyl halides is 3. The number of cyclic esters (lactones) is 1. The van der Waals surface area contributed by atoms with Gasteiger partial charge < -0.3 is 14.2 Å². The molecule has 2 heterocycles. The third-order valence-corrected chi connectivity index (χ3v) is 5.38. The van der Waals surface area contributed by atoms with Crippen LogP contribution in [0.15, 0.2) is 53.7 Å². The number of benzene rings is 2. The van der Waals surface area contributed by atoms with Crippen LogP contribution in [0.5, 0.6) is 11.5 Å². The van der Waals surface area contributed by atoms with E-state index in [0.29, 0.717) is 22.8 Å². The Hall–Kier alpha value is -3.49. The van der Waals surface area contributed by atoms with E-state index in [1.807, 2.05) is 0 Å². The van der Waals surface area contributed by atoms with E-state index in [1.165, 1.54) is 31.3 Å². The van der Waals surface area contributed by atoms with Gasteiger partial charge in [-0.15, -0.1) is 0 Å². The van der Waals surface area contributed by atoms with Gasteiger partial charge in [-0.25, -0.2) is 4.79 Å². The van der Waals surface area contributed by atoms with Crippen LogP contribution in [0.1, 0.15) is 23.5 Å². The molecule has 0 unspecified atom stereocenters. The van der Waals surface area contributed by atoms with Crippen molar-refractivity contribution in [3.63, 3.8) is 0 Å². The predicted molar refractivity (Wildman–Crippen MR) is 104 cm³/mol. The van der Waals surface area contributed by atoms with Crippen molar-refractivity contribution < 1.29 is 37.0 Å². The summed E-state index contributed by atoms with van der Waals surface area (Å²) in [5.74, 6) is -0.724. The van der Waals surface area contributed by atoms with Gasteiger partial charge >= 0.3 is 12.1 Å². The first-order valence-corrected chi connectivity index (χ1v) is 9.37. The van der Waals surface area contributed by atoms with Crippen LogP contribution in [-0.2, 0) is 20.5 Å². The number of amides is 1. The number of esters is 1. The minimum Gasteiger partial charge on any atom is -0.493 e. The van der Waals surface area contributed by atoms with E-state index in [-0.39, 0.29) is 30.2 Å². The molecule has 2 aliphatic rings. The minimum absolute atomic E-state index is 0.0848. The number of hydrogen-bond acceptors (Lipinski definition) is 5. The Kier molecular flexibility index (Phi) is 5.12. The lowest BCUT2D eigenvalue weighted by molar-refractivity contribution is -0.138. The van der Waals surface area contributed by atoms with Crippen molar-refractivity contribution in [1.29, 1.82) is 0 Å². The molecule has 0 spiro atoms. The molecule has 1 atom stereocenters. The van der Waals surface area contributed by atoms with E-state index in [4.69, 9.17) is 14.2 Å². The van der Waals surface area contributed by atoms with Crippen LogP contribution in [0.3, 0.4) is 0 Å². The Morgan fingerprint density at radius 2 is 1.74 bits per heavy atom. The lowest BCUT2D eigenvalue weighted by Crippen LogP contribution is -2.37. The van der Waals surface area contributed by atoms with Crippen LogP contribution >= 0.6 is 0 Å². The van der Waals surface area contributed by atoms with Gasteiger partial charge in [0.25, 0.3) is 0 Å². The lowest BCUT2D eigenvalue weighted by Gasteiger charge is -2.32. The van der Waals surface area contributed by atoms with Gasteiger partial charge in [0.1, 0.15) is 6.61 Å². The number of halogens is 3. The Bertz CT molecular complexity index is 1080. The fourth-order valence-corrected chi connectivity index (χ4v) is 4.01. The number of nitrogens with zero attached hydrogens (tertiary/aromatic N) is 1. The van der Waals surface area contributed by atoms with Crippen LogP contribution in [-0.4, -0.2) is 32.7 Å². The average Bonchev–Trinajstić information content (AvgIpc) is 3.13. The number of ether oxygens (including phenoxy) is 3. The quantitative estimate of drug-likeness (QED) is 0.681. The van der Waals surface area contributed by atoms with Gasteiger partial charge in [-0.1, -0.05) is 12.1 Å². The largest absolute Gasteiger partial charge is 0.493 e. The van der Waals surface area contributed by atoms with Crippen molar-refractivity contribution in [1.82, 2.24) is 0 Å². The molecule has 0 saturated heterocycles. The summed E-state index contributed by atoms with van der Waals surface area (Å²) in [6, 6.07) is 9.38. The average molecular weight is 433 g/mol. The molecule has 0 fully saturated rings. The summed E-state index contributed by atoms with van der Waals surface area (Å²) in [5.41, 5.74) is 0.600. The fraction of sp³-hybridized carbons (Fsp3) is 0.273. The van der Waals surface area contributed by atoms with Gasteiger partial charge in [0.2, 0.25) is 5.91 Å². The number of hydrogen-bond donors (Lipinski definition) is 0. The number of anilines is 1. The third kappa shape index (κ3) is 3.49. The number of para-hydroxylation sites is 1. The molecule has 2 aliphatic heterocycles. The maximum atomic E-state index is 13.1. The van der Waals surface area contributed by atoms with Crippen LogP contribution in [0.2, 0.25) is 0 Å². The van der Waals surface area contributed by atoms with E-state index >= 15 is 0 Å². The molecule has 0 aliphatic carbocycles. The molecule has 0 radical (unpaired) electrons.